The minimum absolute atomic E-state index is 0.0150. The topological polar surface area (TPSA) is 62.7 Å². The fourth-order valence-electron chi connectivity index (χ4n) is 3.22. The number of benzene rings is 1. The summed E-state index contributed by atoms with van der Waals surface area (Å²) < 4.78 is 15.8. The number of aromatic amines is 1. The van der Waals surface area contributed by atoms with Crippen molar-refractivity contribution in [2.75, 3.05) is 6.54 Å². The Kier molecular flexibility index (Phi) is 3.75. The van der Waals surface area contributed by atoms with Crippen LogP contribution in [0.5, 0.6) is 0 Å². The first-order chi connectivity index (χ1) is 11.6. The van der Waals surface area contributed by atoms with Gasteiger partial charge in [-0.3, -0.25) is 9.89 Å². The van der Waals surface area contributed by atoms with Crippen molar-refractivity contribution >= 4 is 18.1 Å². The van der Waals surface area contributed by atoms with E-state index in [-0.39, 0.29) is 11.7 Å². The number of amides is 1. The molecule has 126 valence electrons. The van der Waals surface area contributed by atoms with Gasteiger partial charge in [0.2, 0.25) is 5.91 Å². The van der Waals surface area contributed by atoms with Gasteiger partial charge in [-0.15, -0.1) is 0 Å². The van der Waals surface area contributed by atoms with Crippen LogP contribution in [-0.4, -0.2) is 27.2 Å². The fraction of sp³-hybridized carbons (Fsp3) is 0.471. The Bertz CT molecular complexity index is 818. The molecule has 7 heteroatoms. The van der Waals surface area contributed by atoms with E-state index < -0.39 is 5.41 Å². The maximum Gasteiger partial charge on any atom is 0.230 e. The summed E-state index contributed by atoms with van der Waals surface area (Å²) in [6.07, 6.45) is 4.55. The first kappa shape index (κ1) is 15.5. The number of rotatable bonds is 6. The quantitative estimate of drug-likeness (QED) is 0.791. The SMILES string of the molecule is O=C(NCCc1n[nH]c(=S)n1C1CC1)C1(c2ccc(F)cc2)CC1. The van der Waals surface area contributed by atoms with E-state index in [0.29, 0.717) is 23.8 Å². The van der Waals surface area contributed by atoms with Crippen molar-refractivity contribution < 1.29 is 9.18 Å². The van der Waals surface area contributed by atoms with Gasteiger partial charge in [-0.25, -0.2) is 4.39 Å². The molecule has 1 amide bonds. The lowest BCUT2D eigenvalue weighted by molar-refractivity contribution is -0.123. The molecule has 0 bridgehead atoms. The van der Waals surface area contributed by atoms with Gasteiger partial charge in [0, 0.05) is 19.0 Å². The Hall–Kier alpha value is -2.02. The average Bonchev–Trinajstić information content (AvgIpc) is 3.48. The number of aromatic nitrogens is 3. The highest BCUT2D eigenvalue weighted by atomic mass is 32.1. The van der Waals surface area contributed by atoms with Crippen LogP contribution in [0.3, 0.4) is 0 Å². The van der Waals surface area contributed by atoms with E-state index in [9.17, 15) is 9.18 Å². The summed E-state index contributed by atoms with van der Waals surface area (Å²) in [6, 6.07) is 6.71. The molecule has 24 heavy (non-hydrogen) atoms. The smallest absolute Gasteiger partial charge is 0.230 e. The third kappa shape index (κ3) is 2.77. The van der Waals surface area contributed by atoms with E-state index in [1.54, 1.807) is 12.1 Å². The number of nitrogens with zero attached hydrogens (tertiary/aromatic N) is 2. The number of carbonyl (C=O) groups is 1. The number of hydrogen-bond donors (Lipinski definition) is 2. The lowest BCUT2D eigenvalue weighted by Crippen LogP contribution is -2.36. The summed E-state index contributed by atoms with van der Waals surface area (Å²) in [7, 11) is 0. The van der Waals surface area contributed by atoms with Crippen molar-refractivity contribution in [3.05, 3.63) is 46.2 Å². The molecule has 0 aliphatic heterocycles. The molecule has 2 saturated carbocycles. The molecule has 1 aromatic carbocycles. The molecule has 0 atom stereocenters. The zero-order chi connectivity index (χ0) is 16.7. The second kappa shape index (κ2) is 5.81. The van der Waals surface area contributed by atoms with Crippen molar-refractivity contribution in [3.8, 4) is 0 Å². The molecule has 2 aromatic rings. The van der Waals surface area contributed by atoms with Gasteiger partial charge in [-0.05, 0) is 55.6 Å². The first-order valence-electron chi connectivity index (χ1n) is 8.30. The molecule has 2 N–H and O–H groups in total. The summed E-state index contributed by atoms with van der Waals surface area (Å²) >= 11 is 5.26. The third-order valence-electron chi connectivity index (χ3n) is 4.91. The molecular weight excluding hydrogens is 327 g/mol. The van der Waals surface area contributed by atoms with Crippen LogP contribution in [0, 0.1) is 10.6 Å². The zero-order valence-electron chi connectivity index (χ0n) is 13.2. The zero-order valence-corrected chi connectivity index (χ0v) is 14.0. The van der Waals surface area contributed by atoms with Crippen LogP contribution in [0.1, 0.15) is 43.1 Å². The number of hydrogen-bond acceptors (Lipinski definition) is 3. The minimum atomic E-state index is -0.477. The predicted molar refractivity (Wildman–Crippen MR) is 89.7 cm³/mol. The average molecular weight is 346 g/mol. The van der Waals surface area contributed by atoms with Gasteiger partial charge >= 0.3 is 0 Å². The van der Waals surface area contributed by atoms with Crippen LogP contribution in [0.25, 0.3) is 0 Å². The molecule has 0 spiro atoms. The summed E-state index contributed by atoms with van der Waals surface area (Å²) in [5.74, 6) is 0.633. The summed E-state index contributed by atoms with van der Waals surface area (Å²) in [5, 5.41) is 10.1. The van der Waals surface area contributed by atoms with E-state index in [2.05, 4.69) is 20.1 Å². The minimum Gasteiger partial charge on any atom is -0.355 e. The largest absolute Gasteiger partial charge is 0.355 e. The predicted octanol–water partition coefficient (Wildman–Crippen LogP) is 2.81. The first-order valence-corrected chi connectivity index (χ1v) is 8.71. The lowest BCUT2D eigenvalue weighted by atomic mass is 9.95. The number of carbonyl (C=O) groups excluding carboxylic acids is 1. The molecule has 5 nitrogen and oxygen atoms in total. The van der Waals surface area contributed by atoms with Crippen molar-refractivity contribution in [1.82, 2.24) is 20.1 Å². The number of H-pyrrole nitrogens is 1. The van der Waals surface area contributed by atoms with Crippen molar-refractivity contribution in [3.63, 3.8) is 0 Å². The van der Waals surface area contributed by atoms with Crippen LogP contribution in [-0.2, 0) is 16.6 Å². The van der Waals surface area contributed by atoms with Crippen LogP contribution in [0.2, 0.25) is 0 Å². The van der Waals surface area contributed by atoms with E-state index in [4.69, 9.17) is 12.2 Å². The molecule has 0 saturated heterocycles. The second-order valence-corrected chi connectivity index (χ2v) is 7.03. The summed E-state index contributed by atoms with van der Waals surface area (Å²) in [5.41, 5.74) is 0.414. The van der Waals surface area contributed by atoms with Gasteiger partial charge < -0.3 is 9.88 Å². The van der Waals surface area contributed by atoms with Crippen molar-refractivity contribution in [2.45, 2.75) is 43.6 Å². The molecular formula is C17H19FN4OS. The lowest BCUT2D eigenvalue weighted by Gasteiger charge is -2.16. The van der Waals surface area contributed by atoms with Gasteiger partial charge in [-0.1, -0.05) is 12.1 Å². The number of halogens is 1. The van der Waals surface area contributed by atoms with E-state index >= 15 is 0 Å². The van der Waals surface area contributed by atoms with Gasteiger partial charge in [0.1, 0.15) is 11.6 Å². The molecule has 4 rings (SSSR count). The third-order valence-corrected chi connectivity index (χ3v) is 5.19. The summed E-state index contributed by atoms with van der Waals surface area (Å²) in [4.78, 5) is 12.6. The Morgan fingerprint density at radius 3 is 2.71 bits per heavy atom. The standard InChI is InChI=1S/C17H19FN4OS/c18-12-3-1-11(2-4-12)17(8-9-17)15(23)19-10-7-14-20-21-16(24)22(14)13-5-6-13/h1-4,13H,5-10H2,(H,19,23)(H,21,24). The van der Waals surface area contributed by atoms with Crippen LogP contribution in [0.15, 0.2) is 24.3 Å². The maximum atomic E-state index is 13.1. The normalized spacial score (nSPS) is 18.4. The Morgan fingerprint density at radius 1 is 1.38 bits per heavy atom. The second-order valence-electron chi connectivity index (χ2n) is 6.64. The number of nitrogens with one attached hydrogen (secondary N) is 2. The van der Waals surface area contributed by atoms with Crippen molar-refractivity contribution in [1.29, 1.82) is 0 Å². The Balaban J connectivity index is 1.39. The molecule has 2 fully saturated rings. The van der Waals surface area contributed by atoms with Gasteiger partial charge in [0.05, 0.1) is 5.41 Å². The maximum absolute atomic E-state index is 13.1. The highest BCUT2D eigenvalue weighted by Crippen LogP contribution is 2.48. The van der Waals surface area contributed by atoms with Crippen LogP contribution < -0.4 is 5.32 Å². The van der Waals surface area contributed by atoms with E-state index in [0.717, 1.165) is 37.1 Å². The monoisotopic (exact) mass is 346 g/mol. The van der Waals surface area contributed by atoms with Gasteiger partial charge in [0.25, 0.3) is 0 Å². The molecule has 0 unspecified atom stereocenters. The fourth-order valence-corrected chi connectivity index (χ4v) is 3.52. The Labute approximate surface area is 144 Å². The summed E-state index contributed by atoms with van der Waals surface area (Å²) in [6.45, 7) is 0.522. The van der Waals surface area contributed by atoms with Gasteiger partial charge in [-0.2, -0.15) is 5.10 Å². The molecule has 2 aliphatic carbocycles. The highest BCUT2D eigenvalue weighted by molar-refractivity contribution is 7.71. The van der Waals surface area contributed by atoms with Crippen LogP contribution in [0.4, 0.5) is 4.39 Å². The molecule has 0 radical (unpaired) electrons. The van der Waals surface area contributed by atoms with E-state index in [1.165, 1.54) is 12.1 Å². The molecule has 1 heterocycles. The van der Waals surface area contributed by atoms with Gasteiger partial charge in [0.15, 0.2) is 4.77 Å². The van der Waals surface area contributed by atoms with Crippen molar-refractivity contribution in [2.24, 2.45) is 0 Å². The van der Waals surface area contributed by atoms with Crippen LogP contribution >= 0.6 is 12.2 Å². The van der Waals surface area contributed by atoms with E-state index in [1.807, 2.05) is 0 Å². The molecule has 1 aromatic heterocycles. The highest BCUT2D eigenvalue weighted by Gasteiger charge is 2.51. The molecule has 2 aliphatic rings. The Morgan fingerprint density at radius 2 is 2.08 bits per heavy atom.